The number of carbonyl (C=O) groups is 1. The molecule has 3 nitrogen and oxygen atoms in total. The molecule has 3 heteroatoms. The molecule has 0 unspecified atom stereocenters. The number of fused-ring (bicyclic) bond motifs is 1. The first kappa shape index (κ1) is 14.4. The van der Waals surface area contributed by atoms with Crippen molar-refractivity contribution < 1.29 is 4.79 Å². The first-order valence-electron chi connectivity index (χ1n) is 7.04. The number of hydrogen-bond donors (Lipinski definition) is 2. The summed E-state index contributed by atoms with van der Waals surface area (Å²) >= 11 is 0. The summed E-state index contributed by atoms with van der Waals surface area (Å²) in [6.45, 7) is 6.42. The van der Waals surface area contributed by atoms with Gasteiger partial charge in [0, 0.05) is 16.6 Å². The van der Waals surface area contributed by atoms with Gasteiger partial charge in [-0.1, -0.05) is 43.3 Å². The summed E-state index contributed by atoms with van der Waals surface area (Å²) in [5.74, 6) is 0.0183. The highest BCUT2D eigenvalue weighted by Crippen LogP contribution is 2.22. The lowest BCUT2D eigenvalue weighted by atomic mass is 10.0. The minimum absolute atomic E-state index is 0.0183. The van der Waals surface area contributed by atoms with E-state index in [0.29, 0.717) is 0 Å². The lowest BCUT2D eigenvalue weighted by Gasteiger charge is -2.24. The van der Waals surface area contributed by atoms with Crippen molar-refractivity contribution in [2.24, 2.45) is 0 Å². The van der Waals surface area contributed by atoms with E-state index in [1.807, 2.05) is 38.1 Å². The van der Waals surface area contributed by atoms with Gasteiger partial charge in [0.15, 0.2) is 0 Å². The standard InChI is InChI=1S/C17H22N2O/c1-4-17(2,3)19-16(20)12-18-15-11-7-9-13-8-5-6-10-14(13)15/h5-11,18H,4,12H2,1-3H3,(H,19,20). The van der Waals surface area contributed by atoms with Crippen molar-refractivity contribution in [2.75, 3.05) is 11.9 Å². The van der Waals surface area contributed by atoms with Gasteiger partial charge in [0.1, 0.15) is 0 Å². The number of carbonyl (C=O) groups excluding carboxylic acids is 1. The van der Waals surface area contributed by atoms with Crippen LogP contribution in [0.3, 0.4) is 0 Å². The highest BCUT2D eigenvalue weighted by molar-refractivity contribution is 5.95. The Kier molecular flexibility index (Phi) is 4.28. The lowest BCUT2D eigenvalue weighted by molar-refractivity contribution is -0.121. The molecule has 0 fully saturated rings. The largest absolute Gasteiger partial charge is 0.376 e. The molecule has 0 saturated carbocycles. The predicted octanol–water partition coefficient (Wildman–Crippen LogP) is 3.56. The van der Waals surface area contributed by atoms with Crippen LogP contribution in [0.2, 0.25) is 0 Å². The van der Waals surface area contributed by atoms with Crippen molar-refractivity contribution in [3.63, 3.8) is 0 Å². The van der Waals surface area contributed by atoms with Crippen LogP contribution < -0.4 is 10.6 Å². The summed E-state index contributed by atoms with van der Waals surface area (Å²) in [6.07, 6.45) is 0.910. The fraction of sp³-hybridized carbons (Fsp3) is 0.353. The summed E-state index contributed by atoms with van der Waals surface area (Å²) in [7, 11) is 0. The van der Waals surface area contributed by atoms with Gasteiger partial charge in [-0.3, -0.25) is 4.79 Å². The van der Waals surface area contributed by atoms with E-state index >= 15 is 0 Å². The molecule has 1 amide bonds. The molecule has 0 radical (unpaired) electrons. The van der Waals surface area contributed by atoms with Crippen LogP contribution in [-0.4, -0.2) is 18.0 Å². The van der Waals surface area contributed by atoms with E-state index in [1.165, 1.54) is 5.39 Å². The summed E-state index contributed by atoms with van der Waals surface area (Å²) in [5.41, 5.74) is 0.838. The molecule has 0 aliphatic carbocycles. The Labute approximate surface area is 120 Å². The Morgan fingerprint density at radius 2 is 1.80 bits per heavy atom. The van der Waals surface area contributed by atoms with Gasteiger partial charge in [0.25, 0.3) is 0 Å². The third-order valence-electron chi connectivity index (χ3n) is 3.59. The van der Waals surface area contributed by atoms with Crippen LogP contribution in [0, 0.1) is 0 Å². The number of rotatable bonds is 5. The third-order valence-corrected chi connectivity index (χ3v) is 3.59. The van der Waals surface area contributed by atoms with Gasteiger partial charge in [0.05, 0.1) is 6.54 Å². The average molecular weight is 270 g/mol. The van der Waals surface area contributed by atoms with Crippen LogP contribution in [0.4, 0.5) is 5.69 Å². The van der Waals surface area contributed by atoms with Crippen molar-refractivity contribution in [3.8, 4) is 0 Å². The van der Waals surface area contributed by atoms with E-state index in [0.717, 1.165) is 17.5 Å². The number of amides is 1. The summed E-state index contributed by atoms with van der Waals surface area (Å²) in [6, 6.07) is 14.2. The summed E-state index contributed by atoms with van der Waals surface area (Å²) in [5, 5.41) is 8.55. The molecular weight excluding hydrogens is 248 g/mol. The third kappa shape index (κ3) is 3.50. The van der Waals surface area contributed by atoms with E-state index in [9.17, 15) is 4.79 Å². The monoisotopic (exact) mass is 270 g/mol. The molecule has 0 aliphatic rings. The Bertz CT molecular complexity index is 599. The van der Waals surface area contributed by atoms with Crippen LogP contribution >= 0.6 is 0 Å². The summed E-state index contributed by atoms with van der Waals surface area (Å²) in [4.78, 5) is 12.0. The molecule has 0 aromatic heterocycles. The van der Waals surface area contributed by atoms with Gasteiger partial charge in [-0.15, -0.1) is 0 Å². The SMILES string of the molecule is CCC(C)(C)NC(=O)CNc1cccc2ccccc12. The first-order valence-corrected chi connectivity index (χ1v) is 7.04. The molecule has 20 heavy (non-hydrogen) atoms. The van der Waals surface area contributed by atoms with Gasteiger partial charge in [-0.25, -0.2) is 0 Å². The topological polar surface area (TPSA) is 41.1 Å². The predicted molar refractivity (Wildman–Crippen MR) is 85.0 cm³/mol. The molecule has 2 aromatic rings. The maximum atomic E-state index is 12.0. The van der Waals surface area contributed by atoms with Gasteiger partial charge >= 0.3 is 0 Å². The zero-order valence-electron chi connectivity index (χ0n) is 12.4. The first-order chi connectivity index (χ1) is 9.52. The smallest absolute Gasteiger partial charge is 0.239 e. The number of nitrogens with one attached hydrogen (secondary N) is 2. The fourth-order valence-electron chi connectivity index (χ4n) is 2.07. The van der Waals surface area contributed by atoms with Gasteiger partial charge < -0.3 is 10.6 Å². The lowest BCUT2D eigenvalue weighted by Crippen LogP contribution is -2.45. The van der Waals surface area contributed by atoms with E-state index < -0.39 is 0 Å². The van der Waals surface area contributed by atoms with E-state index in [-0.39, 0.29) is 18.0 Å². The maximum Gasteiger partial charge on any atom is 0.239 e. The van der Waals surface area contributed by atoms with Gasteiger partial charge in [0.2, 0.25) is 5.91 Å². The number of anilines is 1. The van der Waals surface area contributed by atoms with Gasteiger partial charge in [-0.05, 0) is 31.7 Å². The Morgan fingerprint density at radius 1 is 1.10 bits per heavy atom. The van der Waals surface area contributed by atoms with Crippen LogP contribution in [0.15, 0.2) is 42.5 Å². The molecule has 2 N–H and O–H groups in total. The van der Waals surface area contributed by atoms with Crippen molar-refractivity contribution in [2.45, 2.75) is 32.7 Å². The second-order valence-electron chi connectivity index (χ2n) is 5.67. The van der Waals surface area contributed by atoms with Gasteiger partial charge in [-0.2, -0.15) is 0 Å². The molecule has 106 valence electrons. The molecule has 2 aromatic carbocycles. The highest BCUT2D eigenvalue weighted by atomic mass is 16.2. The summed E-state index contributed by atoms with van der Waals surface area (Å²) < 4.78 is 0. The fourth-order valence-corrected chi connectivity index (χ4v) is 2.07. The molecule has 2 rings (SSSR count). The van der Waals surface area contributed by atoms with Crippen molar-refractivity contribution in [3.05, 3.63) is 42.5 Å². The Morgan fingerprint density at radius 3 is 2.55 bits per heavy atom. The molecule has 0 spiro atoms. The van der Waals surface area contributed by atoms with E-state index in [2.05, 4.69) is 35.8 Å². The number of hydrogen-bond acceptors (Lipinski definition) is 2. The second-order valence-corrected chi connectivity index (χ2v) is 5.67. The van der Waals surface area contributed by atoms with E-state index in [4.69, 9.17) is 0 Å². The van der Waals surface area contributed by atoms with Crippen molar-refractivity contribution >= 4 is 22.4 Å². The molecular formula is C17H22N2O. The molecule has 0 aliphatic heterocycles. The van der Waals surface area contributed by atoms with Crippen molar-refractivity contribution in [1.29, 1.82) is 0 Å². The maximum absolute atomic E-state index is 12.0. The van der Waals surface area contributed by atoms with E-state index in [1.54, 1.807) is 0 Å². The minimum Gasteiger partial charge on any atom is -0.376 e. The number of benzene rings is 2. The Balaban J connectivity index is 2.05. The second kappa shape index (κ2) is 5.95. The normalized spacial score (nSPS) is 11.3. The molecule has 0 bridgehead atoms. The van der Waals surface area contributed by atoms with Crippen molar-refractivity contribution in [1.82, 2.24) is 5.32 Å². The zero-order chi connectivity index (χ0) is 14.6. The van der Waals surface area contributed by atoms with Crippen LogP contribution in [0.25, 0.3) is 10.8 Å². The zero-order valence-corrected chi connectivity index (χ0v) is 12.4. The molecule has 0 saturated heterocycles. The average Bonchev–Trinajstić information content (AvgIpc) is 2.44. The van der Waals surface area contributed by atoms with Crippen LogP contribution in [0.1, 0.15) is 27.2 Å². The quantitative estimate of drug-likeness (QED) is 0.872. The Hall–Kier alpha value is -2.03. The molecule has 0 heterocycles. The van der Waals surface area contributed by atoms with Crippen LogP contribution in [0.5, 0.6) is 0 Å². The minimum atomic E-state index is -0.155. The molecule has 0 atom stereocenters. The van der Waals surface area contributed by atoms with Crippen LogP contribution in [-0.2, 0) is 4.79 Å². The highest BCUT2D eigenvalue weighted by Gasteiger charge is 2.17.